The van der Waals surface area contributed by atoms with Crippen LogP contribution in [0.1, 0.15) is 33.3 Å². The number of ether oxygens (including phenoxy) is 2. The van der Waals surface area contributed by atoms with Crippen LogP contribution in [0.2, 0.25) is 0 Å². The van der Waals surface area contributed by atoms with E-state index >= 15 is 0 Å². The molecule has 132 valence electrons. The number of aromatic nitrogens is 1. The van der Waals surface area contributed by atoms with Crippen LogP contribution in [0.15, 0.2) is 54.6 Å². The van der Waals surface area contributed by atoms with Crippen molar-refractivity contribution in [3.05, 3.63) is 71.4 Å². The third-order valence-electron chi connectivity index (χ3n) is 3.94. The van der Waals surface area contributed by atoms with Gasteiger partial charge in [0.1, 0.15) is 5.75 Å². The Labute approximate surface area is 151 Å². The quantitative estimate of drug-likeness (QED) is 0.497. The first-order chi connectivity index (χ1) is 12.6. The van der Waals surface area contributed by atoms with Gasteiger partial charge in [0.15, 0.2) is 12.4 Å². The Balaban J connectivity index is 1.80. The van der Waals surface area contributed by atoms with Gasteiger partial charge in [-0.25, -0.2) is 4.79 Å². The molecule has 1 aromatic heterocycles. The van der Waals surface area contributed by atoms with Crippen molar-refractivity contribution in [3.8, 4) is 5.75 Å². The summed E-state index contributed by atoms with van der Waals surface area (Å²) in [5, 5.41) is 0.753. The van der Waals surface area contributed by atoms with Gasteiger partial charge < -0.3 is 9.47 Å². The van der Waals surface area contributed by atoms with Crippen molar-refractivity contribution in [1.29, 1.82) is 0 Å². The second-order valence-electron chi connectivity index (χ2n) is 5.77. The van der Waals surface area contributed by atoms with Crippen LogP contribution in [0.5, 0.6) is 5.75 Å². The zero-order valence-corrected chi connectivity index (χ0v) is 14.7. The molecule has 0 saturated heterocycles. The first kappa shape index (κ1) is 17.6. The van der Waals surface area contributed by atoms with E-state index in [1.807, 2.05) is 18.2 Å². The first-order valence-corrected chi connectivity index (χ1v) is 8.38. The maximum Gasteiger partial charge on any atom is 0.339 e. The van der Waals surface area contributed by atoms with Gasteiger partial charge in [0.2, 0.25) is 0 Å². The largest absolute Gasteiger partial charge is 0.485 e. The molecule has 0 saturated carbocycles. The minimum atomic E-state index is -0.398. The summed E-state index contributed by atoms with van der Waals surface area (Å²) in [4.78, 5) is 28.6. The molecule has 1 heterocycles. The summed E-state index contributed by atoms with van der Waals surface area (Å²) in [7, 11) is 0. The molecule has 0 aliphatic rings. The Morgan fingerprint density at radius 3 is 2.54 bits per heavy atom. The van der Waals surface area contributed by atoms with Crippen molar-refractivity contribution in [2.75, 3.05) is 13.2 Å². The zero-order chi connectivity index (χ0) is 18.5. The van der Waals surface area contributed by atoms with Gasteiger partial charge in [0.25, 0.3) is 0 Å². The summed E-state index contributed by atoms with van der Waals surface area (Å²) in [6.45, 7) is 3.78. The molecule has 0 spiro atoms. The minimum Gasteiger partial charge on any atom is -0.485 e. The standard InChI is InChI=1S/C21H19NO4/c1-3-25-21(24)18-12-16-11-17(9-10-19(16)22-14(18)2)26-13-20(23)15-7-5-4-6-8-15/h4-12H,3,13H2,1-2H3. The van der Waals surface area contributed by atoms with E-state index in [-0.39, 0.29) is 12.4 Å². The fourth-order valence-electron chi connectivity index (χ4n) is 2.61. The highest BCUT2D eigenvalue weighted by molar-refractivity contribution is 5.97. The topological polar surface area (TPSA) is 65.5 Å². The van der Waals surface area contributed by atoms with Crippen molar-refractivity contribution >= 4 is 22.7 Å². The Morgan fingerprint density at radius 1 is 1.04 bits per heavy atom. The van der Waals surface area contributed by atoms with E-state index in [9.17, 15) is 9.59 Å². The van der Waals surface area contributed by atoms with Crippen molar-refractivity contribution in [2.45, 2.75) is 13.8 Å². The van der Waals surface area contributed by atoms with E-state index in [0.29, 0.717) is 29.2 Å². The van der Waals surface area contributed by atoms with Gasteiger partial charge in [-0.05, 0) is 38.1 Å². The molecule has 0 fully saturated rings. The van der Waals surface area contributed by atoms with Crippen LogP contribution >= 0.6 is 0 Å². The fraction of sp³-hybridized carbons (Fsp3) is 0.190. The van der Waals surface area contributed by atoms with Gasteiger partial charge in [0, 0.05) is 10.9 Å². The fourth-order valence-corrected chi connectivity index (χ4v) is 2.61. The number of Topliss-reactive ketones (excluding diaryl/α,β-unsaturated/α-hetero) is 1. The van der Waals surface area contributed by atoms with E-state index < -0.39 is 5.97 Å². The normalized spacial score (nSPS) is 10.5. The summed E-state index contributed by atoms with van der Waals surface area (Å²) in [5.74, 6) is 0.0483. The van der Waals surface area contributed by atoms with Gasteiger partial charge in [-0.1, -0.05) is 30.3 Å². The average Bonchev–Trinajstić information content (AvgIpc) is 2.66. The molecule has 5 heteroatoms. The van der Waals surface area contributed by atoms with Crippen LogP contribution in [-0.2, 0) is 4.74 Å². The molecule has 5 nitrogen and oxygen atoms in total. The van der Waals surface area contributed by atoms with E-state index in [0.717, 1.165) is 10.9 Å². The van der Waals surface area contributed by atoms with Crippen molar-refractivity contribution in [2.24, 2.45) is 0 Å². The number of pyridine rings is 1. The van der Waals surface area contributed by atoms with E-state index in [2.05, 4.69) is 4.98 Å². The lowest BCUT2D eigenvalue weighted by molar-refractivity contribution is 0.0525. The molecule has 0 radical (unpaired) electrons. The molecule has 0 aliphatic carbocycles. The molecule has 0 aliphatic heterocycles. The number of esters is 1. The van der Waals surface area contributed by atoms with Crippen LogP contribution < -0.4 is 4.74 Å². The van der Waals surface area contributed by atoms with E-state index in [1.54, 1.807) is 50.2 Å². The summed E-state index contributed by atoms with van der Waals surface area (Å²) in [5.41, 5.74) is 2.40. The Kier molecular flexibility index (Phi) is 5.27. The maximum atomic E-state index is 12.1. The average molecular weight is 349 g/mol. The molecule has 26 heavy (non-hydrogen) atoms. The Bertz CT molecular complexity index is 951. The predicted octanol–water partition coefficient (Wildman–Crippen LogP) is 3.98. The van der Waals surface area contributed by atoms with Crippen LogP contribution in [0, 0.1) is 6.92 Å². The zero-order valence-electron chi connectivity index (χ0n) is 14.7. The SMILES string of the molecule is CCOC(=O)c1cc2cc(OCC(=O)c3ccccc3)ccc2nc1C. The third kappa shape index (κ3) is 3.88. The monoisotopic (exact) mass is 349 g/mol. The van der Waals surface area contributed by atoms with Crippen molar-refractivity contribution < 1.29 is 19.1 Å². The van der Waals surface area contributed by atoms with E-state index in [4.69, 9.17) is 9.47 Å². The number of benzene rings is 2. The van der Waals surface area contributed by atoms with Gasteiger partial charge in [-0.3, -0.25) is 9.78 Å². The lowest BCUT2D eigenvalue weighted by Gasteiger charge is -2.09. The van der Waals surface area contributed by atoms with Crippen LogP contribution in [0.3, 0.4) is 0 Å². The molecule has 0 unspecified atom stereocenters. The molecule has 0 bridgehead atoms. The van der Waals surface area contributed by atoms with Gasteiger partial charge in [-0.15, -0.1) is 0 Å². The lowest BCUT2D eigenvalue weighted by Crippen LogP contribution is -2.11. The lowest BCUT2D eigenvalue weighted by atomic mass is 10.1. The highest BCUT2D eigenvalue weighted by Gasteiger charge is 2.13. The molecule has 0 N–H and O–H groups in total. The van der Waals surface area contributed by atoms with Crippen LogP contribution in [0.4, 0.5) is 0 Å². The van der Waals surface area contributed by atoms with Crippen LogP contribution in [0.25, 0.3) is 10.9 Å². The predicted molar refractivity (Wildman–Crippen MR) is 98.7 cm³/mol. The Hall–Kier alpha value is -3.21. The number of fused-ring (bicyclic) bond motifs is 1. The third-order valence-corrected chi connectivity index (χ3v) is 3.94. The second-order valence-corrected chi connectivity index (χ2v) is 5.77. The van der Waals surface area contributed by atoms with Crippen molar-refractivity contribution in [1.82, 2.24) is 4.98 Å². The number of ketones is 1. The molecular formula is C21H19NO4. The summed E-state index contributed by atoms with van der Waals surface area (Å²) in [6, 6.07) is 16.1. The van der Waals surface area contributed by atoms with Gasteiger partial charge in [0.05, 0.1) is 23.4 Å². The minimum absolute atomic E-state index is 0.0560. The summed E-state index contributed by atoms with van der Waals surface area (Å²) in [6.07, 6.45) is 0. The number of hydrogen-bond donors (Lipinski definition) is 0. The highest BCUT2D eigenvalue weighted by atomic mass is 16.5. The number of rotatable bonds is 6. The molecule has 3 rings (SSSR count). The first-order valence-electron chi connectivity index (χ1n) is 8.38. The number of carbonyl (C=O) groups excluding carboxylic acids is 2. The number of aryl methyl sites for hydroxylation is 1. The Morgan fingerprint density at radius 2 is 1.81 bits per heavy atom. The molecule has 0 atom stereocenters. The highest BCUT2D eigenvalue weighted by Crippen LogP contribution is 2.23. The molecular weight excluding hydrogens is 330 g/mol. The molecule has 2 aromatic carbocycles. The van der Waals surface area contributed by atoms with Gasteiger partial charge in [-0.2, -0.15) is 0 Å². The van der Waals surface area contributed by atoms with Crippen LogP contribution in [-0.4, -0.2) is 30.0 Å². The molecule has 3 aromatic rings. The second kappa shape index (κ2) is 7.78. The molecule has 0 amide bonds. The smallest absolute Gasteiger partial charge is 0.339 e. The number of carbonyl (C=O) groups is 2. The van der Waals surface area contributed by atoms with E-state index in [1.165, 1.54) is 0 Å². The number of nitrogens with zero attached hydrogens (tertiary/aromatic N) is 1. The summed E-state index contributed by atoms with van der Waals surface area (Å²) >= 11 is 0. The van der Waals surface area contributed by atoms with Gasteiger partial charge >= 0.3 is 5.97 Å². The van der Waals surface area contributed by atoms with Crippen molar-refractivity contribution in [3.63, 3.8) is 0 Å². The maximum absolute atomic E-state index is 12.1. The summed E-state index contributed by atoms with van der Waals surface area (Å²) < 4.78 is 10.7. The number of hydrogen-bond acceptors (Lipinski definition) is 5.